The number of aryl methyl sites for hydroxylation is 1. The third-order valence-corrected chi connectivity index (χ3v) is 8.68. The SMILES string of the molecule is CCOC(=O)[C@H]1C=C(c2ccc(OC)cc2)N(S(=O)(=O)c2ccc(C)cc2)C(=O)[C@]1(CC)c1ccccc1. The molecule has 3 aromatic carbocycles. The maximum atomic E-state index is 14.7. The Hall–Kier alpha value is -3.91. The number of carbonyl (C=O) groups is 2. The Morgan fingerprint density at radius 1 is 0.947 bits per heavy atom. The van der Waals surface area contributed by atoms with Gasteiger partial charge in [-0.3, -0.25) is 9.59 Å². The van der Waals surface area contributed by atoms with Gasteiger partial charge in [-0.1, -0.05) is 55.0 Å². The smallest absolute Gasteiger partial charge is 0.314 e. The van der Waals surface area contributed by atoms with Crippen LogP contribution in [0.3, 0.4) is 0 Å². The summed E-state index contributed by atoms with van der Waals surface area (Å²) in [6.07, 6.45) is 1.73. The topological polar surface area (TPSA) is 90.0 Å². The number of amides is 1. The summed E-state index contributed by atoms with van der Waals surface area (Å²) < 4.78 is 39.9. The van der Waals surface area contributed by atoms with Gasteiger partial charge < -0.3 is 9.47 Å². The molecule has 38 heavy (non-hydrogen) atoms. The summed E-state index contributed by atoms with van der Waals surface area (Å²) in [6, 6.07) is 21.9. The lowest BCUT2D eigenvalue weighted by Crippen LogP contribution is -2.56. The van der Waals surface area contributed by atoms with E-state index in [9.17, 15) is 18.0 Å². The molecule has 4 rings (SSSR count). The Morgan fingerprint density at radius 3 is 2.13 bits per heavy atom. The van der Waals surface area contributed by atoms with Gasteiger partial charge in [0.1, 0.15) is 5.75 Å². The van der Waals surface area contributed by atoms with E-state index < -0.39 is 33.2 Å². The van der Waals surface area contributed by atoms with E-state index in [-0.39, 0.29) is 23.6 Å². The molecular weight excluding hydrogens is 502 g/mol. The maximum Gasteiger partial charge on any atom is 0.314 e. The van der Waals surface area contributed by atoms with E-state index in [1.807, 2.05) is 6.92 Å². The number of sulfonamides is 1. The van der Waals surface area contributed by atoms with Crippen molar-refractivity contribution in [1.82, 2.24) is 4.31 Å². The van der Waals surface area contributed by atoms with Crippen LogP contribution in [0.15, 0.2) is 89.8 Å². The second-order valence-corrected chi connectivity index (χ2v) is 10.9. The summed E-state index contributed by atoms with van der Waals surface area (Å²) in [6.45, 7) is 5.45. The van der Waals surface area contributed by atoms with Crippen LogP contribution in [-0.4, -0.2) is 38.3 Å². The molecule has 0 saturated heterocycles. The van der Waals surface area contributed by atoms with E-state index in [2.05, 4.69) is 0 Å². The number of ether oxygens (including phenoxy) is 2. The Balaban J connectivity index is 2.05. The molecule has 3 aromatic rings. The largest absolute Gasteiger partial charge is 0.497 e. The zero-order chi connectivity index (χ0) is 27.5. The zero-order valence-electron chi connectivity index (χ0n) is 21.9. The highest BCUT2D eigenvalue weighted by Gasteiger charge is 2.57. The predicted molar refractivity (Wildman–Crippen MR) is 145 cm³/mol. The Labute approximate surface area is 223 Å². The molecule has 0 unspecified atom stereocenters. The van der Waals surface area contributed by atoms with Crippen LogP contribution in [0.2, 0.25) is 0 Å². The Morgan fingerprint density at radius 2 is 1.58 bits per heavy atom. The van der Waals surface area contributed by atoms with Gasteiger partial charge in [-0.15, -0.1) is 0 Å². The number of hydrogen-bond acceptors (Lipinski definition) is 6. The van der Waals surface area contributed by atoms with Crippen LogP contribution < -0.4 is 4.74 Å². The summed E-state index contributed by atoms with van der Waals surface area (Å²) in [4.78, 5) is 28.1. The number of benzene rings is 3. The first-order valence-corrected chi connectivity index (χ1v) is 13.9. The molecule has 0 radical (unpaired) electrons. The first-order valence-electron chi connectivity index (χ1n) is 12.5. The normalized spacial score (nSPS) is 19.6. The minimum Gasteiger partial charge on any atom is -0.497 e. The van der Waals surface area contributed by atoms with Gasteiger partial charge in [0.2, 0.25) is 0 Å². The molecule has 1 amide bonds. The third-order valence-electron chi connectivity index (χ3n) is 6.97. The number of methoxy groups -OCH3 is 1. The molecule has 8 heteroatoms. The van der Waals surface area contributed by atoms with Crippen LogP contribution in [0, 0.1) is 12.8 Å². The molecule has 0 spiro atoms. The fraction of sp³-hybridized carbons (Fsp3) is 0.267. The average Bonchev–Trinajstić information content (AvgIpc) is 2.93. The second-order valence-electron chi connectivity index (χ2n) is 9.09. The van der Waals surface area contributed by atoms with Crippen LogP contribution in [0.25, 0.3) is 5.70 Å². The van der Waals surface area contributed by atoms with E-state index in [1.54, 1.807) is 86.7 Å². The van der Waals surface area contributed by atoms with E-state index in [1.165, 1.54) is 19.2 Å². The fourth-order valence-electron chi connectivity index (χ4n) is 4.94. The van der Waals surface area contributed by atoms with Crippen molar-refractivity contribution in [1.29, 1.82) is 0 Å². The molecule has 1 heterocycles. The first-order chi connectivity index (χ1) is 18.2. The quantitative estimate of drug-likeness (QED) is 0.374. The van der Waals surface area contributed by atoms with Crippen molar-refractivity contribution in [3.8, 4) is 5.75 Å². The lowest BCUT2D eigenvalue weighted by molar-refractivity contribution is -0.153. The summed E-state index contributed by atoms with van der Waals surface area (Å²) >= 11 is 0. The first kappa shape index (κ1) is 27.1. The zero-order valence-corrected chi connectivity index (χ0v) is 22.7. The van der Waals surface area contributed by atoms with Crippen LogP contribution in [0.5, 0.6) is 5.75 Å². The molecule has 0 saturated carbocycles. The number of nitrogens with zero attached hydrogens (tertiary/aromatic N) is 1. The number of esters is 1. The molecule has 1 aliphatic heterocycles. The van der Waals surface area contributed by atoms with Crippen molar-refractivity contribution in [2.24, 2.45) is 5.92 Å². The van der Waals surface area contributed by atoms with Gasteiger partial charge in [0.15, 0.2) is 0 Å². The third kappa shape index (κ3) is 4.60. The molecule has 0 aliphatic carbocycles. The number of rotatable bonds is 8. The fourth-order valence-corrected chi connectivity index (χ4v) is 6.43. The summed E-state index contributed by atoms with van der Waals surface area (Å²) in [7, 11) is -2.83. The average molecular weight is 534 g/mol. The monoisotopic (exact) mass is 533 g/mol. The van der Waals surface area contributed by atoms with Crippen LogP contribution in [0.4, 0.5) is 0 Å². The number of carbonyl (C=O) groups excluding carboxylic acids is 2. The summed E-state index contributed by atoms with van der Waals surface area (Å²) in [5.41, 5.74) is 0.466. The highest BCUT2D eigenvalue weighted by molar-refractivity contribution is 7.90. The van der Waals surface area contributed by atoms with Crippen molar-refractivity contribution in [2.75, 3.05) is 13.7 Å². The second kappa shape index (κ2) is 10.8. The highest BCUT2D eigenvalue weighted by atomic mass is 32.2. The molecule has 2 atom stereocenters. The van der Waals surface area contributed by atoms with Crippen molar-refractivity contribution in [2.45, 2.75) is 37.5 Å². The van der Waals surface area contributed by atoms with E-state index in [0.717, 1.165) is 9.87 Å². The van der Waals surface area contributed by atoms with Crippen LogP contribution >= 0.6 is 0 Å². The van der Waals surface area contributed by atoms with Crippen molar-refractivity contribution >= 4 is 27.6 Å². The lowest BCUT2D eigenvalue weighted by Gasteiger charge is -2.44. The molecule has 198 valence electrons. The summed E-state index contributed by atoms with van der Waals surface area (Å²) in [5.74, 6) is -1.79. The van der Waals surface area contributed by atoms with Crippen LogP contribution in [0.1, 0.15) is 37.0 Å². The van der Waals surface area contributed by atoms with Gasteiger partial charge in [-0.25, -0.2) is 12.7 Å². The van der Waals surface area contributed by atoms with E-state index >= 15 is 0 Å². The molecule has 0 N–H and O–H groups in total. The maximum absolute atomic E-state index is 14.7. The Bertz CT molecular complexity index is 1450. The molecule has 0 bridgehead atoms. The predicted octanol–water partition coefficient (Wildman–Crippen LogP) is 5.10. The van der Waals surface area contributed by atoms with Gasteiger partial charge in [0, 0.05) is 0 Å². The van der Waals surface area contributed by atoms with Gasteiger partial charge in [-0.2, -0.15) is 0 Å². The standard InChI is InChI=1S/C30H31NO6S/c1-5-30(23-10-8-7-9-11-23)26(28(32)37-6-2)20-27(22-14-16-24(36-4)17-15-22)31(29(30)33)38(34,35)25-18-12-21(3)13-19-25/h7-20,26H,5-6H2,1-4H3/t26-,30-/m1/s1. The number of hydrogen-bond donors (Lipinski definition) is 0. The molecule has 0 fully saturated rings. The van der Waals surface area contributed by atoms with E-state index in [4.69, 9.17) is 9.47 Å². The molecule has 1 aliphatic rings. The van der Waals surface area contributed by atoms with Gasteiger partial charge in [0.05, 0.1) is 35.6 Å². The van der Waals surface area contributed by atoms with E-state index in [0.29, 0.717) is 16.9 Å². The molecular formula is C30H31NO6S. The van der Waals surface area contributed by atoms with Gasteiger partial charge in [0.25, 0.3) is 15.9 Å². The van der Waals surface area contributed by atoms with Crippen molar-refractivity contribution in [3.63, 3.8) is 0 Å². The molecule has 0 aromatic heterocycles. The molecule has 7 nitrogen and oxygen atoms in total. The van der Waals surface area contributed by atoms with Crippen LogP contribution in [-0.2, 0) is 29.8 Å². The van der Waals surface area contributed by atoms with Crippen molar-refractivity contribution in [3.05, 3.63) is 102 Å². The minimum absolute atomic E-state index is 0.0245. The van der Waals surface area contributed by atoms with Gasteiger partial charge >= 0.3 is 5.97 Å². The lowest BCUT2D eigenvalue weighted by atomic mass is 9.65. The Kier molecular flexibility index (Phi) is 7.73. The van der Waals surface area contributed by atoms with Crippen molar-refractivity contribution < 1.29 is 27.5 Å². The highest BCUT2D eigenvalue weighted by Crippen LogP contribution is 2.47. The van der Waals surface area contributed by atoms with Gasteiger partial charge in [-0.05, 0) is 73.9 Å². The minimum atomic E-state index is -4.36. The summed E-state index contributed by atoms with van der Waals surface area (Å²) in [5, 5.41) is 0.